The number of hydrogen-bond acceptors (Lipinski definition) is 3. The Hall–Kier alpha value is -2.07. The predicted octanol–water partition coefficient (Wildman–Crippen LogP) is 2.67. The molecule has 3 rings (SSSR count). The van der Waals surface area contributed by atoms with Gasteiger partial charge in [-0.1, -0.05) is 35.9 Å². The summed E-state index contributed by atoms with van der Waals surface area (Å²) in [5.41, 5.74) is 3.06. The number of nitrogens with zero attached hydrogens (tertiary/aromatic N) is 1. The topological polar surface area (TPSA) is 54.0 Å². The van der Waals surface area contributed by atoms with Gasteiger partial charge >= 0.3 is 0 Å². The van der Waals surface area contributed by atoms with Crippen LogP contribution in [0.2, 0.25) is 5.02 Å². The zero-order valence-electron chi connectivity index (χ0n) is 11.7. The second-order valence-corrected chi connectivity index (χ2v) is 5.55. The van der Waals surface area contributed by atoms with Crippen LogP contribution in [0.1, 0.15) is 21.5 Å². The predicted molar refractivity (Wildman–Crippen MR) is 83.9 cm³/mol. The van der Waals surface area contributed by atoms with Gasteiger partial charge in [0, 0.05) is 19.3 Å². The second-order valence-electron chi connectivity index (χ2n) is 5.15. The zero-order valence-corrected chi connectivity index (χ0v) is 12.4. The van der Waals surface area contributed by atoms with Crippen LogP contribution in [0.25, 0.3) is 0 Å². The summed E-state index contributed by atoms with van der Waals surface area (Å²) in [6.07, 6.45) is 3.22. The van der Waals surface area contributed by atoms with E-state index in [1.54, 1.807) is 13.1 Å². The lowest BCUT2D eigenvalue weighted by Gasteiger charge is -2.13. The van der Waals surface area contributed by atoms with Gasteiger partial charge in [0.2, 0.25) is 0 Å². The molecule has 21 heavy (non-hydrogen) atoms. The molecule has 5 heteroatoms. The van der Waals surface area contributed by atoms with E-state index in [0.29, 0.717) is 16.4 Å². The molecule has 2 N–H and O–H groups in total. The van der Waals surface area contributed by atoms with Crippen LogP contribution in [-0.4, -0.2) is 24.0 Å². The van der Waals surface area contributed by atoms with Gasteiger partial charge in [0.1, 0.15) is 5.82 Å². The third-order valence-electron chi connectivity index (χ3n) is 3.74. The van der Waals surface area contributed by atoms with Gasteiger partial charge in [-0.25, -0.2) is 4.98 Å². The average Bonchev–Trinajstić information content (AvgIpc) is 2.89. The summed E-state index contributed by atoms with van der Waals surface area (Å²) in [7, 11) is 1.76. The molecule has 1 amide bonds. The van der Waals surface area contributed by atoms with Crippen LogP contribution in [0.15, 0.2) is 36.5 Å². The Kier molecular flexibility index (Phi) is 3.80. The molecule has 2 aromatic rings. The Balaban J connectivity index is 1.73. The molecule has 0 bridgehead atoms. The number of benzene rings is 1. The van der Waals surface area contributed by atoms with Crippen molar-refractivity contribution in [3.63, 3.8) is 0 Å². The van der Waals surface area contributed by atoms with Crippen molar-refractivity contribution < 1.29 is 4.79 Å². The number of halogens is 1. The van der Waals surface area contributed by atoms with Crippen molar-refractivity contribution in [2.75, 3.05) is 12.4 Å². The summed E-state index contributed by atoms with van der Waals surface area (Å²) < 4.78 is 0. The van der Waals surface area contributed by atoms with E-state index in [9.17, 15) is 4.79 Å². The number of carbonyl (C=O) groups is 1. The van der Waals surface area contributed by atoms with E-state index in [2.05, 4.69) is 27.8 Å². The van der Waals surface area contributed by atoms with Crippen molar-refractivity contribution >= 4 is 23.3 Å². The highest BCUT2D eigenvalue weighted by Gasteiger charge is 2.23. The van der Waals surface area contributed by atoms with Gasteiger partial charge < -0.3 is 10.6 Å². The van der Waals surface area contributed by atoms with E-state index < -0.39 is 0 Å². The minimum absolute atomic E-state index is 0.122. The fraction of sp³-hybridized carbons (Fsp3) is 0.250. The summed E-state index contributed by atoms with van der Waals surface area (Å²) in [5, 5.41) is 6.33. The Morgan fingerprint density at radius 1 is 1.29 bits per heavy atom. The Morgan fingerprint density at radius 2 is 1.95 bits per heavy atom. The van der Waals surface area contributed by atoms with Gasteiger partial charge in [-0.15, -0.1) is 0 Å². The molecule has 1 heterocycles. The maximum atomic E-state index is 12.4. The third kappa shape index (κ3) is 2.85. The lowest BCUT2D eigenvalue weighted by Crippen LogP contribution is -2.35. The SMILES string of the molecule is CNc1cc(C(=O)NC2Cc3ccccc3C2)c(Cl)cn1. The number of amides is 1. The molecule has 0 radical (unpaired) electrons. The van der Waals surface area contributed by atoms with Crippen molar-refractivity contribution in [3.05, 3.63) is 58.2 Å². The Morgan fingerprint density at radius 3 is 2.57 bits per heavy atom. The number of nitrogens with one attached hydrogen (secondary N) is 2. The first-order valence-electron chi connectivity index (χ1n) is 6.88. The normalized spacial score (nSPS) is 13.8. The summed E-state index contributed by atoms with van der Waals surface area (Å²) in [4.78, 5) is 16.5. The van der Waals surface area contributed by atoms with Crippen LogP contribution in [0.5, 0.6) is 0 Å². The molecule has 108 valence electrons. The number of pyridine rings is 1. The zero-order chi connectivity index (χ0) is 14.8. The molecule has 0 saturated heterocycles. The maximum Gasteiger partial charge on any atom is 0.253 e. The van der Waals surface area contributed by atoms with Crippen molar-refractivity contribution in [1.29, 1.82) is 0 Å². The van der Waals surface area contributed by atoms with E-state index in [0.717, 1.165) is 12.8 Å². The average molecular weight is 302 g/mol. The molecule has 1 aliphatic rings. The molecule has 1 aromatic heterocycles. The lowest BCUT2D eigenvalue weighted by molar-refractivity contribution is 0.0938. The summed E-state index contributed by atoms with van der Waals surface area (Å²) in [6.45, 7) is 0. The molecular weight excluding hydrogens is 286 g/mol. The molecule has 0 unspecified atom stereocenters. The number of hydrogen-bond donors (Lipinski definition) is 2. The number of rotatable bonds is 3. The van der Waals surface area contributed by atoms with Gasteiger partial charge in [-0.05, 0) is 30.0 Å². The Bertz CT molecular complexity index is 662. The molecule has 0 aliphatic heterocycles. The van der Waals surface area contributed by atoms with Crippen LogP contribution in [0.3, 0.4) is 0 Å². The van der Waals surface area contributed by atoms with E-state index in [-0.39, 0.29) is 11.9 Å². The first-order valence-corrected chi connectivity index (χ1v) is 7.26. The van der Waals surface area contributed by atoms with Gasteiger partial charge in [-0.3, -0.25) is 4.79 Å². The lowest BCUT2D eigenvalue weighted by atomic mass is 10.1. The fourth-order valence-corrected chi connectivity index (χ4v) is 2.86. The quantitative estimate of drug-likeness (QED) is 0.916. The molecule has 0 atom stereocenters. The van der Waals surface area contributed by atoms with Crippen molar-refractivity contribution in [2.24, 2.45) is 0 Å². The fourth-order valence-electron chi connectivity index (χ4n) is 2.67. The van der Waals surface area contributed by atoms with Crippen molar-refractivity contribution in [3.8, 4) is 0 Å². The van der Waals surface area contributed by atoms with Gasteiger partial charge in [0.15, 0.2) is 0 Å². The van der Waals surface area contributed by atoms with E-state index in [4.69, 9.17) is 11.6 Å². The molecule has 4 nitrogen and oxygen atoms in total. The van der Waals surface area contributed by atoms with Crippen LogP contribution in [-0.2, 0) is 12.8 Å². The van der Waals surface area contributed by atoms with Crippen LogP contribution in [0.4, 0.5) is 5.82 Å². The highest BCUT2D eigenvalue weighted by Crippen LogP contribution is 2.23. The maximum absolute atomic E-state index is 12.4. The monoisotopic (exact) mass is 301 g/mol. The number of carbonyl (C=O) groups excluding carboxylic acids is 1. The first-order chi connectivity index (χ1) is 10.2. The number of aromatic nitrogens is 1. The molecule has 1 aromatic carbocycles. The van der Waals surface area contributed by atoms with Crippen LogP contribution in [0, 0.1) is 0 Å². The first kappa shape index (κ1) is 13.9. The minimum atomic E-state index is -0.156. The highest BCUT2D eigenvalue weighted by atomic mass is 35.5. The molecule has 0 fully saturated rings. The van der Waals surface area contributed by atoms with Gasteiger partial charge in [-0.2, -0.15) is 0 Å². The summed E-state index contributed by atoms with van der Waals surface area (Å²) >= 11 is 6.07. The summed E-state index contributed by atoms with van der Waals surface area (Å²) in [5.74, 6) is 0.468. The highest BCUT2D eigenvalue weighted by molar-refractivity contribution is 6.33. The largest absolute Gasteiger partial charge is 0.373 e. The molecular formula is C16H16ClN3O. The van der Waals surface area contributed by atoms with Crippen molar-refractivity contribution in [1.82, 2.24) is 10.3 Å². The van der Waals surface area contributed by atoms with Crippen LogP contribution >= 0.6 is 11.6 Å². The minimum Gasteiger partial charge on any atom is -0.373 e. The smallest absolute Gasteiger partial charge is 0.253 e. The molecule has 1 aliphatic carbocycles. The third-order valence-corrected chi connectivity index (χ3v) is 4.04. The van der Waals surface area contributed by atoms with Crippen LogP contribution < -0.4 is 10.6 Å². The standard InChI is InChI=1S/C16H16ClN3O/c1-18-15-8-13(14(17)9-19-15)16(21)20-12-6-10-4-2-3-5-11(10)7-12/h2-5,8-9,12H,6-7H2,1H3,(H,18,19)(H,20,21). The van der Waals surface area contributed by atoms with E-state index in [1.165, 1.54) is 17.3 Å². The van der Waals surface area contributed by atoms with Crippen molar-refractivity contribution in [2.45, 2.75) is 18.9 Å². The van der Waals surface area contributed by atoms with E-state index >= 15 is 0 Å². The second kappa shape index (κ2) is 5.74. The van der Waals surface area contributed by atoms with Gasteiger partial charge in [0.25, 0.3) is 5.91 Å². The van der Waals surface area contributed by atoms with Gasteiger partial charge in [0.05, 0.1) is 10.6 Å². The number of anilines is 1. The summed E-state index contributed by atoms with van der Waals surface area (Å²) in [6, 6.07) is 10.1. The number of fused-ring (bicyclic) bond motifs is 1. The Labute approximate surface area is 128 Å². The van der Waals surface area contributed by atoms with E-state index in [1.807, 2.05) is 12.1 Å². The molecule has 0 spiro atoms. The molecule has 0 saturated carbocycles.